The highest BCUT2D eigenvalue weighted by atomic mass is 14.9. The Morgan fingerprint density at radius 1 is 1.31 bits per heavy atom. The molecule has 16 heavy (non-hydrogen) atoms. The van der Waals surface area contributed by atoms with Crippen molar-refractivity contribution in [1.29, 1.82) is 0 Å². The van der Waals surface area contributed by atoms with Crippen molar-refractivity contribution in [3.8, 4) is 0 Å². The fourth-order valence-corrected chi connectivity index (χ4v) is 2.38. The zero-order chi connectivity index (χ0) is 11.1. The second kappa shape index (κ2) is 3.34. The van der Waals surface area contributed by atoms with Gasteiger partial charge < -0.3 is 5.32 Å². The highest BCUT2D eigenvalue weighted by Gasteiger charge is 2.15. The average molecular weight is 210 g/mol. The summed E-state index contributed by atoms with van der Waals surface area (Å²) in [6.07, 6.45) is 4.08. The first-order valence-corrected chi connectivity index (χ1v) is 5.56. The first-order chi connectivity index (χ1) is 7.77. The van der Waals surface area contributed by atoms with Crippen molar-refractivity contribution >= 4 is 22.2 Å². The summed E-state index contributed by atoms with van der Waals surface area (Å²) in [6.45, 7) is 5.22. The molecule has 0 atom stereocenters. The van der Waals surface area contributed by atoms with Crippen LogP contribution in [0, 0.1) is 6.92 Å². The molecule has 80 valence electrons. The van der Waals surface area contributed by atoms with Crippen LogP contribution in [0.4, 0.5) is 5.69 Å². The monoisotopic (exact) mass is 210 g/mol. The number of aromatic nitrogens is 1. The second-order valence-electron chi connectivity index (χ2n) is 4.29. The van der Waals surface area contributed by atoms with Crippen molar-refractivity contribution in [3.05, 3.63) is 41.6 Å². The van der Waals surface area contributed by atoms with E-state index < -0.39 is 0 Å². The van der Waals surface area contributed by atoms with Crippen LogP contribution in [-0.4, -0.2) is 11.5 Å². The first kappa shape index (κ1) is 9.40. The third kappa shape index (κ3) is 1.23. The molecule has 3 rings (SSSR count). The number of pyridine rings is 1. The number of nitrogens with zero attached hydrogens (tertiary/aromatic N) is 1. The van der Waals surface area contributed by atoms with E-state index in [9.17, 15) is 0 Å². The molecule has 2 aromatic rings. The molecule has 0 unspecified atom stereocenters. The number of hydrogen-bond donors (Lipinski definition) is 1. The van der Waals surface area contributed by atoms with Crippen molar-refractivity contribution in [2.24, 2.45) is 0 Å². The Labute approximate surface area is 95.0 Å². The summed E-state index contributed by atoms with van der Waals surface area (Å²) in [5, 5.41) is 4.65. The third-order valence-electron chi connectivity index (χ3n) is 3.17. The van der Waals surface area contributed by atoms with Crippen LogP contribution >= 0.6 is 0 Å². The van der Waals surface area contributed by atoms with E-state index in [0.29, 0.717) is 0 Å². The van der Waals surface area contributed by atoms with Gasteiger partial charge in [-0.2, -0.15) is 0 Å². The number of anilines is 1. The Hall–Kier alpha value is -1.83. The van der Waals surface area contributed by atoms with E-state index in [2.05, 4.69) is 42.4 Å². The Bertz CT molecular complexity index is 597. The van der Waals surface area contributed by atoms with Crippen LogP contribution in [0.3, 0.4) is 0 Å². The van der Waals surface area contributed by atoms with E-state index in [1.807, 2.05) is 12.3 Å². The van der Waals surface area contributed by atoms with Crippen molar-refractivity contribution in [2.45, 2.75) is 13.8 Å². The molecular weight excluding hydrogens is 196 g/mol. The molecule has 1 aliphatic heterocycles. The van der Waals surface area contributed by atoms with E-state index in [4.69, 9.17) is 0 Å². The molecule has 0 radical (unpaired) electrons. The topological polar surface area (TPSA) is 24.9 Å². The van der Waals surface area contributed by atoms with Crippen LogP contribution < -0.4 is 5.32 Å². The molecule has 2 nitrogen and oxygen atoms in total. The van der Waals surface area contributed by atoms with Gasteiger partial charge in [0.25, 0.3) is 0 Å². The highest BCUT2D eigenvalue weighted by molar-refractivity contribution is 5.98. The van der Waals surface area contributed by atoms with Gasteiger partial charge in [0, 0.05) is 29.4 Å². The predicted octanol–water partition coefficient (Wildman–Crippen LogP) is 3.37. The molecule has 1 aromatic carbocycles. The number of aryl methyl sites for hydroxylation is 1. The second-order valence-corrected chi connectivity index (χ2v) is 4.29. The van der Waals surface area contributed by atoms with Crippen LogP contribution in [0.5, 0.6) is 0 Å². The number of benzene rings is 1. The van der Waals surface area contributed by atoms with E-state index >= 15 is 0 Å². The van der Waals surface area contributed by atoms with Crippen LogP contribution in [-0.2, 0) is 0 Å². The molecule has 0 aliphatic carbocycles. The van der Waals surface area contributed by atoms with Crippen LogP contribution in [0.1, 0.15) is 18.1 Å². The molecule has 0 amide bonds. The first-order valence-electron chi connectivity index (χ1n) is 5.56. The SMILES string of the molecule is CC1=CCNc2c(C)cc3cccnc3c21. The predicted molar refractivity (Wildman–Crippen MR) is 68.6 cm³/mol. The smallest absolute Gasteiger partial charge is 0.0797 e. The summed E-state index contributed by atoms with van der Waals surface area (Å²) < 4.78 is 0. The van der Waals surface area contributed by atoms with Crippen LogP contribution in [0.25, 0.3) is 16.5 Å². The maximum atomic E-state index is 4.51. The Morgan fingerprint density at radius 2 is 2.19 bits per heavy atom. The lowest BCUT2D eigenvalue weighted by atomic mass is 9.95. The maximum Gasteiger partial charge on any atom is 0.0797 e. The molecule has 0 bridgehead atoms. The maximum absolute atomic E-state index is 4.51. The van der Waals surface area contributed by atoms with Gasteiger partial charge in [-0.05, 0) is 37.1 Å². The van der Waals surface area contributed by atoms with Gasteiger partial charge in [0.15, 0.2) is 0 Å². The number of fused-ring (bicyclic) bond motifs is 3. The zero-order valence-electron chi connectivity index (χ0n) is 9.54. The molecule has 1 N–H and O–H groups in total. The number of nitrogens with one attached hydrogen (secondary N) is 1. The van der Waals surface area contributed by atoms with Crippen molar-refractivity contribution in [2.75, 3.05) is 11.9 Å². The summed E-state index contributed by atoms with van der Waals surface area (Å²) >= 11 is 0. The zero-order valence-corrected chi connectivity index (χ0v) is 9.54. The molecule has 0 spiro atoms. The quantitative estimate of drug-likeness (QED) is 0.721. The van der Waals surface area contributed by atoms with E-state index in [-0.39, 0.29) is 0 Å². The fraction of sp³-hybridized carbons (Fsp3) is 0.214. The number of hydrogen-bond acceptors (Lipinski definition) is 2. The lowest BCUT2D eigenvalue weighted by Gasteiger charge is -2.21. The average Bonchev–Trinajstić information content (AvgIpc) is 2.30. The van der Waals surface area contributed by atoms with Gasteiger partial charge in [-0.3, -0.25) is 4.98 Å². The molecule has 2 heterocycles. The summed E-state index contributed by atoms with van der Waals surface area (Å²) in [4.78, 5) is 4.51. The molecule has 0 fully saturated rings. The molecule has 0 saturated heterocycles. The lowest BCUT2D eigenvalue weighted by molar-refractivity contribution is 1.25. The lowest BCUT2D eigenvalue weighted by Crippen LogP contribution is -2.09. The van der Waals surface area contributed by atoms with Crippen molar-refractivity contribution in [1.82, 2.24) is 4.98 Å². The van der Waals surface area contributed by atoms with Gasteiger partial charge in [0.1, 0.15) is 0 Å². The minimum Gasteiger partial charge on any atom is -0.381 e. The summed E-state index contributed by atoms with van der Waals surface area (Å²) in [7, 11) is 0. The highest BCUT2D eigenvalue weighted by Crippen LogP contribution is 2.35. The van der Waals surface area contributed by atoms with Gasteiger partial charge in [-0.25, -0.2) is 0 Å². The largest absolute Gasteiger partial charge is 0.381 e. The van der Waals surface area contributed by atoms with E-state index in [0.717, 1.165) is 12.1 Å². The van der Waals surface area contributed by atoms with Gasteiger partial charge >= 0.3 is 0 Å². The van der Waals surface area contributed by atoms with Crippen LogP contribution in [0.15, 0.2) is 30.5 Å². The van der Waals surface area contributed by atoms with Gasteiger partial charge in [-0.1, -0.05) is 12.1 Å². The summed E-state index contributed by atoms with van der Waals surface area (Å²) in [5.74, 6) is 0. The number of allylic oxidation sites excluding steroid dienone is 1. The van der Waals surface area contributed by atoms with Crippen molar-refractivity contribution in [3.63, 3.8) is 0 Å². The van der Waals surface area contributed by atoms with Crippen molar-refractivity contribution < 1.29 is 0 Å². The van der Waals surface area contributed by atoms with Gasteiger partial charge in [-0.15, -0.1) is 0 Å². The van der Waals surface area contributed by atoms with E-state index in [1.165, 1.54) is 27.8 Å². The normalized spacial score (nSPS) is 14.2. The minimum absolute atomic E-state index is 0.915. The summed E-state index contributed by atoms with van der Waals surface area (Å²) in [5.41, 5.74) is 6.22. The molecular formula is C14H14N2. The Morgan fingerprint density at radius 3 is 3.06 bits per heavy atom. The molecule has 2 heteroatoms. The van der Waals surface area contributed by atoms with Gasteiger partial charge in [0.05, 0.1) is 5.52 Å². The number of rotatable bonds is 0. The van der Waals surface area contributed by atoms with Crippen LogP contribution in [0.2, 0.25) is 0 Å². The molecule has 0 saturated carbocycles. The summed E-state index contributed by atoms with van der Waals surface area (Å²) in [6, 6.07) is 6.31. The standard InChI is InChI=1S/C14H14N2/c1-9-5-7-16-13-10(2)8-11-4-3-6-15-14(11)12(9)13/h3-6,8,16H,7H2,1-2H3. The van der Waals surface area contributed by atoms with Gasteiger partial charge in [0.2, 0.25) is 0 Å². The Kier molecular flexibility index (Phi) is 1.96. The third-order valence-corrected chi connectivity index (χ3v) is 3.17. The molecule has 1 aromatic heterocycles. The van der Waals surface area contributed by atoms with E-state index in [1.54, 1.807) is 0 Å². The fourth-order valence-electron chi connectivity index (χ4n) is 2.38. The molecule has 1 aliphatic rings. The Balaban J connectivity index is 2.47. The minimum atomic E-state index is 0.915.